The van der Waals surface area contributed by atoms with E-state index in [0.29, 0.717) is 13.2 Å². The second-order valence-corrected chi connectivity index (χ2v) is 5.79. The summed E-state index contributed by atoms with van der Waals surface area (Å²) in [4.78, 5) is 16.7. The largest absolute Gasteiger partial charge is 0.434 e. The van der Waals surface area contributed by atoms with Crippen LogP contribution < -0.4 is 5.32 Å². The van der Waals surface area contributed by atoms with Gasteiger partial charge in [0.2, 0.25) is 0 Å². The van der Waals surface area contributed by atoms with Crippen molar-refractivity contribution in [1.29, 1.82) is 0 Å². The zero-order chi connectivity index (χ0) is 15.5. The summed E-state index contributed by atoms with van der Waals surface area (Å²) in [6.07, 6.45) is -2.72. The molecule has 0 aromatic carbocycles. The lowest BCUT2D eigenvalue weighted by Gasteiger charge is -2.25. The van der Waals surface area contributed by atoms with Crippen LogP contribution in [0.15, 0.2) is 5.38 Å². The van der Waals surface area contributed by atoms with Gasteiger partial charge in [0, 0.05) is 19.0 Å². The zero-order valence-corrected chi connectivity index (χ0v) is 12.3. The van der Waals surface area contributed by atoms with E-state index in [0.717, 1.165) is 29.6 Å². The van der Waals surface area contributed by atoms with Gasteiger partial charge in [-0.2, -0.15) is 13.2 Å². The number of ether oxygens (including phenoxy) is 1. The van der Waals surface area contributed by atoms with Crippen molar-refractivity contribution in [2.24, 2.45) is 0 Å². The lowest BCUT2D eigenvalue weighted by atomic mass is 10.1. The van der Waals surface area contributed by atoms with Gasteiger partial charge >= 0.3 is 12.2 Å². The number of nitrogens with zero attached hydrogens (tertiary/aromatic N) is 2. The maximum absolute atomic E-state index is 12.4. The first-order valence-electron chi connectivity index (χ1n) is 6.47. The van der Waals surface area contributed by atoms with Crippen molar-refractivity contribution in [2.75, 3.05) is 20.3 Å². The minimum atomic E-state index is -4.45. The molecule has 2 heterocycles. The molecular formula is C12H16F3N3O2S. The van der Waals surface area contributed by atoms with Gasteiger partial charge in [0.15, 0.2) is 5.69 Å². The summed E-state index contributed by atoms with van der Waals surface area (Å²) in [6.45, 7) is 1.21. The highest BCUT2D eigenvalue weighted by atomic mass is 32.1. The number of urea groups is 1. The molecule has 1 aromatic heterocycles. The van der Waals surface area contributed by atoms with Crippen LogP contribution in [-0.4, -0.2) is 42.2 Å². The van der Waals surface area contributed by atoms with Crippen molar-refractivity contribution >= 4 is 17.4 Å². The number of hydrogen-bond acceptors (Lipinski definition) is 4. The molecule has 1 aliphatic rings. The normalized spacial score (nSPS) is 19.3. The Labute approximate surface area is 124 Å². The summed E-state index contributed by atoms with van der Waals surface area (Å²) < 4.78 is 42.6. The average molecular weight is 323 g/mol. The van der Waals surface area contributed by atoms with Gasteiger partial charge in [-0.15, -0.1) is 11.3 Å². The van der Waals surface area contributed by atoms with E-state index in [9.17, 15) is 18.0 Å². The number of alkyl halides is 3. The molecule has 0 spiro atoms. The van der Waals surface area contributed by atoms with Gasteiger partial charge in [0.1, 0.15) is 5.01 Å². The van der Waals surface area contributed by atoms with E-state index in [-0.39, 0.29) is 23.6 Å². The first-order valence-corrected chi connectivity index (χ1v) is 7.35. The monoisotopic (exact) mass is 323 g/mol. The summed E-state index contributed by atoms with van der Waals surface area (Å²) in [6, 6.07) is -0.384. The molecule has 1 aliphatic heterocycles. The number of carbonyl (C=O) groups is 1. The van der Waals surface area contributed by atoms with Crippen LogP contribution in [0.5, 0.6) is 0 Å². The Morgan fingerprint density at radius 1 is 1.62 bits per heavy atom. The Morgan fingerprint density at radius 2 is 2.38 bits per heavy atom. The molecule has 0 aliphatic carbocycles. The maximum atomic E-state index is 12.4. The second kappa shape index (κ2) is 6.61. The minimum Gasteiger partial charge on any atom is -0.379 e. The summed E-state index contributed by atoms with van der Waals surface area (Å²) in [5, 5.41) is 4.00. The van der Waals surface area contributed by atoms with Crippen molar-refractivity contribution in [2.45, 2.75) is 31.6 Å². The van der Waals surface area contributed by atoms with Crippen molar-refractivity contribution in [3.8, 4) is 0 Å². The maximum Gasteiger partial charge on any atom is 0.434 e. The third-order valence-corrected chi connectivity index (χ3v) is 3.88. The Kier molecular flexibility index (Phi) is 5.04. The number of amides is 2. The van der Waals surface area contributed by atoms with Crippen LogP contribution >= 0.6 is 11.3 Å². The fourth-order valence-corrected chi connectivity index (χ4v) is 2.78. The van der Waals surface area contributed by atoms with E-state index in [2.05, 4.69) is 10.3 Å². The predicted molar refractivity (Wildman–Crippen MR) is 71.0 cm³/mol. The Morgan fingerprint density at radius 3 is 2.95 bits per heavy atom. The number of thiazole rings is 1. The topological polar surface area (TPSA) is 54.5 Å². The van der Waals surface area contributed by atoms with Crippen molar-refractivity contribution in [3.63, 3.8) is 0 Å². The second-order valence-electron chi connectivity index (χ2n) is 4.84. The van der Waals surface area contributed by atoms with Crippen LogP contribution in [0.3, 0.4) is 0 Å². The molecule has 5 nitrogen and oxygen atoms in total. The van der Waals surface area contributed by atoms with Gasteiger partial charge in [-0.25, -0.2) is 9.78 Å². The van der Waals surface area contributed by atoms with E-state index >= 15 is 0 Å². The molecule has 21 heavy (non-hydrogen) atoms. The molecule has 1 atom stereocenters. The molecule has 2 amide bonds. The molecule has 0 unspecified atom stereocenters. The van der Waals surface area contributed by atoms with E-state index < -0.39 is 11.9 Å². The van der Waals surface area contributed by atoms with Gasteiger partial charge in [-0.1, -0.05) is 0 Å². The van der Waals surface area contributed by atoms with Gasteiger partial charge in [0.25, 0.3) is 0 Å². The fraction of sp³-hybridized carbons (Fsp3) is 0.667. The molecule has 1 N–H and O–H groups in total. The van der Waals surface area contributed by atoms with E-state index in [1.807, 2.05) is 0 Å². The van der Waals surface area contributed by atoms with Crippen LogP contribution in [0.2, 0.25) is 0 Å². The number of halogens is 3. The van der Waals surface area contributed by atoms with E-state index in [1.54, 1.807) is 0 Å². The van der Waals surface area contributed by atoms with Crippen molar-refractivity contribution < 1.29 is 22.7 Å². The summed E-state index contributed by atoms with van der Waals surface area (Å²) in [5.74, 6) is 0. The molecule has 0 radical (unpaired) electrons. The van der Waals surface area contributed by atoms with Gasteiger partial charge in [0.05, 0.1) is 19.2 Å². The first kappa shape index (κ1) is 16.0. The number of hydrogen-bond donors (Lipinski definition) is 1. The minimum absolute atomic E-state index is 0.0418. The van der Waals surface area contributed by atoms with Crippen LogP contribution in [0.1, 0.15) is 23.5 Å². The number of aromatic nitrogens is 1. The fourth-order valence-electron chi connectivity index (χ4n) is 1.93. The standard InChI is InChI=1S/C12H16F3N3O2S/c1-18(11(19)16-8-3-2-4-20-6-8)5-10-17-9(7-21-10)12(13,14)15/h7-8H,2-6H2,1H3,(H,16,19)/t8-/m0/s1. The Balaban J connectivity index is 1.86. The van der Waals surface area contributed by atoms with Crippen LogP contribution in [0.4, 0.5) is 18.0 Å². The number of carbonyl (C=O) groups excluding carboxylic acids is 1. The molecule has 9 heteroatoms. The highest BCUT2D eigenvalue weighted by Gasteiger charge is 2.33. The summed E-state index contributed by atoms with van der Waals surface area (Å²) >= 11 is 0.891. The zero-order valence-electron chi connectivity index (χ0n) is 11.4. The average Bonchev–Trinajstić information content (AvgIpc) is 2.88. The van der Waals surface area contributed by atoms with Gasteiger partial charge in [-0.05, 0) is 12.8 Å². The smallest absolute Gasteiger partial charge is 0.379 e. The third-order valence-electron chi connectivity index (χ3n) is 3.05. The molecule has 2 rings (SSSR count). The first-order chi connectivity index (χ1) is 9.86. The summed E-state index contributed by atoms with van der Waals surface area (Å²) in [5.41, 5.74) is -0.919. The van der Waals surface area contributed by atoms with E-state index in [1.165, 1.54) is 11.9 Å². The molecule has 1 saturated heterocycles. The molecular weight excluding hydrogens is 307 g/mol. The molecule has 118 valence electrons. The predicted octanol–water partition coefficient (Wildman–Crippen LogP) is 2.48. The SMILES string of the molecule is CN(Cc1nc(C(F)(F)F)cs1)C(=O)N[C@H]1CCCOC1. The Hall–Kier alpha value is -1.35. The van der Waals surface area contributed by atoms with Crippen LogP contribution in [-0.2, 0) is 17.5 Å². The number of nitrogens with one attached hydrogen (secondary N) is 1. The molecule has 1 aromatic rings. The Bertz CT molecular complexity index is 486. The molecule has 1 fully saturated rings. The highest BCUT2D eigenvalue weighted by molar-refractivity contribution is 7.09. The van der Waals surface area contributed by atoms with Gasteiger partial charge < -0.3 is 15.0 Å². The lowest BCUT2D eigenvalue weighted by Crippen LogP contribution is -2.46. The van der Waals surface area contributed by atoms with Crippen LogP contribution in [0, 0.1) is 0 Å². The lowest BCUT2D eigenvalue weighted by molar-refractivity contribution is -0.140. The quantitative estimate of drug-likeness (QED) is 0.930. The van der Waals surface area contributed by atoms with Crippen LogP contribution in [0.25, 0.3) is 0 Å². The highest BCUT2D eigenvalue weighted by Crippen LogP contribution is 2.30. The number of rotatable bonds is 3. The van der Waals surface area contributed by atoms with E-state index in [4.69, 9.17) is 4.74 Å². The molecule has 0 bridgehead atoms. The molecule has 0 saturated carbocycles. The van der Waals surface area contributed by atoms with Gasteiger partial charge in [-0.3, -0.25) is 0 Å². The third kappa shape index (κ3) is 4.57. The van der Waals surface area contributed by atoms with Crippen molar-refractivity contribution in [3.05, 3.63) is 16.1 Å². The van der Waals surface area contributed by atoms with Crippen molar-refractivity contribution in [1.82, 2.24) is 15.2 Å². The summed E-state index contributed by atoms with van der Waals surface area (Å²) in [7, 11) is 1.52.